The third kappa shape index (κ3) is 2.69. The van der Waals surface area contributed by atoms with Gasteiger partial charge in [-0.25, -0.2) is 0 Å². The first-order chi connectivity index (χ1) is 8.60. The highest BCUT2D eigenvalue weighted by atomic mass is 16.6. The number of carbonyl (C=O) groups is 1. The molecule has 94 valence electrons. The van der Waals surface area contributed by atoms with Crippen molar-refractivity contribution in [2.45, 2.75) is 13.0 Å². The summed E-state index contributed by atoms with van der Waals surface area (Å²) in [5, 5.41) is 17.4. The van der Waals surface area contributed by atoms with Crippen molar-refractivity contribution in [3.63, 3.8) is 0 Å². The number of aromatic nitrogens is 1. The second-order valence-corrected chi connectivity index (χ2v) is 3.93. The van der Waals surface area contributed by atoms with Gasteiger partial charge < -0.3 is 19.6 Å². The summed E-state index contributed by atoms with van der Waals surface area (Å²) in [6.07, 6.45) is 3.37. The number of carbonyl (C=O) groups excluding carboxylic acids is 1. The van der Waals surface area contributed by atoms with E-state index in [0.29, 0.717) is 19.5 Å². The Kier molecular flexibility index (Phi) is 3.64. The Morgan fingerprint density at radius 2 is 2.39 bits per heavy atom. The molecule has 0 bridgehead atoms. The number of fused-ring (bicyclic) bond motifs is 1. The molecule has 2 rings (SSSR count). The Morgan fingerprint density at radius 3 is 3.06 bits per heavy atom. The Bertz CT molecular complexity index is 478. The third-order valence-corrected chi connectivity index (χ3v) is 2.74. The minimum atomic E-state index is -1.88. The Labute approximate surface area is 105 Å². The molecule has 1 aliphatic rings. The van der Waals surface area contributed by atoms with Crippen LogP contribution in [0, 0.1) is 0 Å². The molecule has 0 atom stereocenters. The first-order valence-corrected chi connectivity index (χ1v) is 5.52. The van der Waals surface area contributed by atoms with Crippen molar-refractivity contribution in [1.29, 1.82) is 0 Å². The molecule has 0 radical (unpaired) electrons. The van der Waals surface area contributed by atoms with Gasteiger partial charge in [-0.15, -0.1) is 0 Å². The molecule has 1 amide bonds. The fourth-order valence-corrected chi connectivity index (χ4v) is 1.91. The Morgan fingerprint density at radius 1 is 1.61 bits per heavy atom. The second kappa shape index (κ2) is 5.20. The van der Waals surface area contributed by atoms with Crippen LogP contribution in [0.3, 0.4) is 0 Å². The van der Waals surface area contributed by atoms with E-state index in [1.807, 2.05) is 0 Å². The van der Waals surface area contributed by atoms with E-state index in [1.165, 1.54) is 12.3 Å². The largest absolute Gasteiger partial charge is 0.707 e. The first kappa shape index (κ1) is 12.6. The zero-order chi connectivity index (χ0) is 13.1. The van der Waals surface area contributed by atoms with Crippen molar-refractivity contribution < 1.29 is 19.5 Å². The van der Waals surface area contributed by atoms with E-state index in [0.717, 1.165) is 11.3 Å². The lowest BCUT2D eigenvalue weighted by Crippen LogP contribution is -2.35. The first-order valence-electron chi connectivity index (χ1n) is 5.52. The average Bonchev–Trinajstić information content (AvgIpc) is 2.36. The van der Waals surface area contributed by atoms with Crippen molar-refractivity contribution in [2.75, 3.05) is 6.54 Å². The zero-order valence-corrected chi connectivity index (χ0v) is 9.74. The molecule has 2 heterocycles. The van der Waals surface area contributed by atoms with Crippen LogP contribution in [0.25, 0.3) is 0 Å². The maximum atomic E-state index is 11.5. The number of hydrogen-bond donors (Lipinski definition) is 2. The molecule has 0 aromatic carbocycles. The SMILES string of the molecule is C=CC(=O)N1CCc2ncc(OB(O)O)cc2C1. The van der Waals surface area contributed by atoms with Crippen molar-refractivity contribution in [2.24, 2.45) is 0 Å². The summed E-state index contributed by atoms with van der Waals surface area (Å²) in [5.74, 6) is 0.130. The van der Waals surface area contributed by atoms with Gasteiger partial charge in [-0.05, 0) is 17.7 Å². The van der Waals surface area contributed by atoms with E-state index >= 15 is 0 Å². The van der Waals surface area contributed by atoms with Gasteiger partial charge in [-0.2, -0.15) is 0 Å². The Balaban J connectivity index is 2.19. The highest BCUT2D eigenvalue weighted by Crippen LogP contribution is 2.21. The van der Waals surface area contributed by atoms with E-state index in [2.05, 4.69) is 11.6 Å². The Hall–Kier alpha value is -1.86. The predicted molar refractivity (Wildman–Crippen MR) is 64.4 cm³/mol. The van der Waals surface area contributed by atoms with Gasteiger partial charge in [0.1, 0.15) is 5.75 Å². The smallest absolute Gasteiger partial charge is 0.511 e. The summed E-state index contributed by atoms with van der Waals surface area (Å²) in [6.45, 7) is 4.48. The van der Waals surface area contributed by atoms with E-state index in [9.17, 15) is 4.79 Å². The quantitative estimate of drug-likeness (QED) is 0.556. The van der Waals surface area contributed by atoms with Gasteiger partial charge >= 0.3 is 7.32 Å². The number of pyridine rings is 1. The summed E-state index contributed by atoms with van der Waals surface area (Å²) in [6, 6.07) is 1.66. The van der Waals surface area contributed by atoms with Crippen molar-refractivity contribution >= 4 is 13.2 Å². The molecule has 0 spiro atoms. The molecule has 1 aromatic rings. The summed E-state index contributed by atoms with van der Waals surface area (Å²) < 4.78 is 4.73. The third-order valence-electron chi connectivity index (χ3n) is 2.74. The van der Waals surface area contributed by atoms with Crippen LogP contribution in [-0.4, -0.2) is 39.7 Å². The molecule has 0 unspecified atom stereocenters. The summed E-state index contributed by atoms with van der Waals surface area (Å²) in [5.41, 5.74) is 1.73. The van der Waals surface area contributed by atoms with E-state index < -0.39 is 7.32 Å². The highest BCUT2D eigenvalue weighted by molar-refractivity contribution is 6.33. The minimum absolute atomic E-state index is 0.130. The molecule has 1 aliphatic heterocycles. The summed E-state index contributed by atoms with van der Waals surface area (Å²) in [7, 11) is -1.88. The summed E-state index contributed by atoms with van der Waals surface area (Å²) in [4.78, 5) is 17.3. The van der Waals surface area contributed by atoms with Gasteiger partial charge in [0.05, 0.1) is 6.20 Å². The molecule has 2 N–H and O–H groups in total. The van der Waals surface area contributed by atoms with Gasteiger partial charge in [-0.1, -0.05) is 6.58 Å². The van der Waals surface area contributed by atoms with Gasteiger partial charge in [0.25, 0.3) is 0 Å². The van der Waals surface area contributed by atoms with E-state index in [4.69, 9.17) is 14.7 Å². The van der Waals surface area contributed by atoms with Gasteiger partial charge in [0, 0.05) is 25.2 Å². The molecule has 0 aliphatic carbocycles. The lowest BCUT2D eigenvalue weighted by atomic mass is 10.1. The lowest BCUT2D eigenvalue weighted by molar-refractivity contribution is -0.126. The van der Waals surface area contributed by atoms with E-state index in [1.54, 1.807) is 11.0 Å². The maximum absolute atomic E-state index is 11.5. The molecule has 7 heteroatoms. The number of nitrogens with zero attached hydrogens (tertiary/aromatic N) is 2. The highest BCUT2D eigenvalue weighted by Gasteiger charge is 2.21. The topological polar surface area (TPSA) is 82.9 Å². The van der Waals surface area contributed by atoms with Crippen molar-refractivity contribution in [3.8, 4) is 5.75 Å². The number of hydrogen-bond acceptors (Lipinski definition) is 5. The molecule has 0 fully saturated rings. The molecular weight excluding hydrogens is 235 g/mol. The van der Waals surface area contributed by atoms with Crippen LogP contribution in [0.2, 0.25) is 0 Å². The van der Waals surface area contributed by atoms with Crippen LogP contribution in [0.4, 0.5) is 0 Å². The van der Waals surface area contributed by atoms with Gasteiger partial charge in [-0.3, -0.25) is 9.78 Å². The fraction of sp³-hybridized carbons (Fsp3) is 0.273. The fourth-order valence-electron chi connectivity index (χ4n) is 1.91. The standard InChI is InChI=1S/C11H13BN2O4/c1-2-11(15)14-4-3-10-8(7-14)5-9(6-13-10)18-12(16)17/h2,5-6,16-17H,1,3-4,7H2. The predicted octanol–water partition coefficient (Wildman–Crippen LogP) is -0.499. The van der Waals surface area contributed by atoms with Gasteiger partial charge in [0.15, 0.2) is 0 Å². The van der Waals surface area contributed by atoms with Crippen LogP contribution in [0.1, 0.15) is 11.3 Å². The number of rotatable bonds is 3. The molecule has 0 saturated heterocycles. The molecule has 6 nitrogen and oxygen atoms in total. The second-order valence-electron chi connectivity index (χ2n) is 3.93. The number of amides is 1. The minimum Gasteiger partial charge on any atom is -0.511 e. The molecule has 18 heavy (non-hydrogen) atoms. The summed E-state index contributed by atoms with van der Waals surface area (Å²) >= 11 is 0. The van der Waals surface area contributed by atoms with Crippen molar-refractivity contribution in [3.05, 3.63) is 36.2 Å². The molecule has 1 aromatic heterocycles. The van der Waals surface area contributed by atoms with Crippen LogP contribution in [-0.2, 0) is 17.8 Å². The lowest BCUT2D eigenvalue weighted by Gasteiger charge is -2.27. The van der Waals surface area contributed by atoms with Crippen LogP contribution in [0.15, 0.2) is 24.9 Å². The monoisotopic (exact) mass is 248 g/mol. The average molecular weight is 248 g/mol. The van der Waals surface area contributed by atoms with Gasteiger partial charge in [0.2, 0.25) is 5.91 Å². The zero-order valence-electron chi connectivity index (χ0n) is 9.74. The van der Waals surface area contributed by atoms with Crippen molar-refractivity contribution in [1.82, 2.24) is 9.88 Å². The van der Waals surface area contributed by atoms with Crippen LogP contribution >= 0.6 is 0 Å². The molecular formula is C11H13BN2O4. The normalized spacial score (nSPS) is 13.8. The maximum Gasteiger partial charge on any atom is 0.707 e. The van der Waals surface area contributed by atoms with E-state index in [-0.39, 0.29) is 11.7 Å². The van der Waals surface area contributed by atoms with Crippen LogP contribution in [0.5, 0.6) is 5.75 Å². The molecule has 0 saturated carbocycles. The van der Waals surface area contributed by atoms with Crippen LogP contribution < -0.4 is 4.65 Å².